The molecule has 1 saturated heterocycles. The van der Waals surface area contributed by atoms with Gasteiger partial charge in [-0.1, -0.05) is 13.8 Å². The third kappa shape index (κ3) is 3.86. The van der Waals surface area contributed by atoms with E-state index in [-0.39, 0.29) is 6.04 Å². The van der Waals surface area contributed by atoms with Gasteiger partial charge < -0.3 is 5.32 Å². The standard InChI is InChI=1S/C15H26N2O2S2/c1-4-7-16-10-14-9-15(11-20-14)21(18,19)17-8-5-6-12(2)13(17)3/h9,11-13,16H,4-8,10H2,1-3H3. The molecule has 1 aliphatic rings. The van der Waals surface area contributed by atoms with E-state index in [0.29, 0.717) is 17.4 Å². The Kier molecular flexibility index (Phi) is 5.82. The predicted octanol–water partition coefficient (Wildman–Crippen LogP) is 3.06. The zero-order chi connectivity index (χ0) is 15.5. The highest BCUT2D eigenvalue weighted by Crippen LogP contribution is 2.30. The Morgan fingerprint density at radius 3 is 2.90 bits per heavy atom. The van der Waals surface area contributed by atoms with Crippen molar-refractivity contribution in [2.45, 2.75) is 57.5 Å². The second-order valence-electron chi connectivity index (χ2n) is 5.90. The van der Waals surface area contributed by atoms with Crippen LogP contribution in [0.5, 0.6) is 0 Å². The maximum absolute atomic E-state index is 12.8. The van der Waals surface area contributed by atoms with Gasteiger partial charge in [-0.05, 0) is 44.7 Å². The molecule has 0 aliphatic carbocycles. The lowest BCUT2D eigenvalue weighted by atomic mass is 9.94. The SMILES string of the molecule is CCCNCc1cc(S(=O)(=O)N2CCCC(C)C2C)cs1. The zero-order valence-corrected chi connectivity index (χ0v) is 14.8. The highest BCUT2D eigenvalue weighted by atomic mass is 32.2. The average molecular weight is 331 g/mol. The molecule has 0 saturated carbocycles. The topological polar surface area (TPSA) is 49.4 Å². The minimum atomic E-state index is -3.34. The van der Waals surface area contributed by atoms with Crippen LogP contribution >= 0.6 is 11.3 Å². The molecule has 2 heterocycles. The molecule has 0 amide bonds. The van der Waals surface area contributed by atoms with Crippen LogP contribution in [0.3, 0.4) is 0 Å². The fraction of sp³-hybridized carbons (Fsp3) is 0.733. The van der Waals surface area contributed by atoms with Crippen LogP contribution in [0.4, 0.5) is 0 Å². The van der Waals surface area contributed by atoms with Gasteiger partial charge in [-0.25, -0.2) is 8.42 Å². The Labute approximate surface area is 132 Å². The molecule has 0 aromatic carbocycles. The summed E-state index contributed by atoms with van der Waals surface area (Å²) in [6.07, 6.45) is 3.16. The van der Waals surface area contributed by atoms with Crippen molar-refractivity contribution in [3.05, 3.63) is 16.3 Å². The molecule has 2 unspecified atom stereocenters. The number of nitrogens with zero attached hydrogens (tertiary/aromatic N) is 1. The molecule has 6 heteroatoms. The van der Waals surface area contributed by atoms with Gasteiger partial charge in [-0.2, -0.15) is 4.31 Å². The smallest absolute Gasteiger partial charge is 0.244 e. The van der Waals surface area contributed by atoms with E-state index in [1.165, 1.54) is 11.3 Å². The average Bonchev–Trinajstić information content (AvgIpc) is 2.91. The van der Waals surface area contributed by atoms with Crippen LogP contribution in [0.15, 0.2) is 16.3 Å². The van der Waals surface area contributed by atoms with Crippen LogP contribution in [0.2, 0.25) is 0 Å². The molecule has 0 radical (unpaired) electrons. The van der Waals surface area contributed by atoms with Gasteiger partial charge in [-0.3, -0.25) is 0 Å². The summed E-state index contributed by atoms with van der Waals surface area (Å²) in [4.78, 5) is 1.54. The van der Waals surface area contributed by atoms with Gasteiger partial charge in [0.2, 0.25) is 10.0 Å². The van der Waals surface area contributed by atoms with E-state index in [0.717, 1.165) is 37.2 Å². The molecule has 0 spiro atoms. The lowest BCUT2D eigenvalue weighted by Gasteiger charge is -2.36. The van der Waals surface area contributed by atoms with Gasteiger partial charge in [0.05, 0.1) is 4.90 Å². The zero-order valence-electron chi connectivity index (χ0n) is 13.1. The molecule has 1 N–H and O–H groups in total. The van der Waals surface area contributed by atoms with E-state index in [1.54, 1.807) is 9.69 Å². The van der Waals surface area contributed by atoms with Crippen LogP contribution in [-0.2, 0) is 16.6 Å². The Bertz CT molecular complexity index is 554. The van der Waals surface area contributed by atoms with Crippen molar-refractivity contribution in [2.75, 3.05) is 13.1 Å². The molecule has 1 aliphatic heterocycles. The number of hydrogen-bond donors (Lipinski definition) is 1. The molecule has 120 valence electrons. The second kappa shape index (κ2) is 7.22. The fourth-order valence-corrected chi connectivity index (χ4v) is 5.75. The molecule has 1 fully saturated rings. The van der Waals surface area contributed by atoms with E-state index in [1.807, 2.05) is 13.0 Å². The Morgan fingerprint density at radius 1 is 1.43 bits per heavy atom. The summed E-state index contributed by atoms with van der Waals surface area (Å²) < 4.78 is 27.3. The maximum atomic E-state index is 12.8. The normalized spacial score (nSPS) is 24.3. The largest absolute Gasteiger partial charge is 0.312 e. The summed E-state index contributed by atoms with van der Waals surface area (Å²) in [7, 11) is -3.34. The predicted molar refractivity (Wildman–Crippen MR) is 88.1 cm³/mol. The summed E-state index contributed by atoms with van der Waals surface area (Å²) in [5.74, 6) is 0.429. The first-order valence-electron chi connectivity index (χ1n) is 7.76. The highest BCUT2D eigenvalue weighted by Gasteiger charge is 2.34. The van der Waals surface area contributed by atoms with E-state index in [9.17, 15) is 8.42 Å². The Morgan fingerprint density at radius 2 is 2.19 bits per heavy atom. The van der Waals surface area contributed by atoms with Gasteiger partial charge in [0.25, 0.3) is 0 Å². The number of rotatable bonds is 6. The first-order chi connectivity index (χ1) is 9.96. The Hall–Kier alpha value is -0.430. The first-order valence-corrected chi connectivity index (χ1v) is 10.1. The van der Waals surface area contributed by atoms with Crippen molar-refractivity contribution < 1.29 is 8.42 Å². The first kappa shape index (κ1) is 16.9. The summed E-state index contributed by atoms with van der Waals surface area (Å²) in [5.41, 5.74) is 0. The monoisotopic (exact) mass is 330 g/mol. The molecule has 2 atom stereocenters. The number of nitrogens with one attached hydrogen (secondary N) is 1. The Balaban J connectivity index is 2.12. The van der Waals surface area contributed by atoms with Crippen molar-refractivity contribution in [3.8, 4) is 0 Å². The van der Waals surface area contributed by atoms with E-state index in [4.69, 9.17) is 0 Å². The van der Waals surface area contributed by atoms with Gasteiger partial charge in [0, 0.05) is 29.4 Å². The molecule has 1 aromatic heterocycles. The molecule has 21 heavy (non-hydrogen) atoms. The second-order valence-corrected chi connectivity index (χ2v) is 8.79. The summed E-state index contributed by atoms with van der Waals surface area (Å²) in [6, 6.07) is 1.92. The van der Waals surface area contributed by atoms with Crippen molar-refractivity contribution in [2.24, 2.45) is 5.92 Å². The van der Waals surface area contributed by atoms with Crippen molar-refractivity contribution in [1.82, 2.24) is 9.62 Å². The van der Waals surface area contributed by atoms with Gasteiger partial charge in [0.15, 0.2) is 0 Å². The van der Waals surface area contributed by atoms with Crippen molar-refractivity contribution >= 4 is 21.4 Å². The summed E-state index contributed by atoms with van der Waals surface area (Å²) in [5, 5.41) is 5.10. The lowest BCUT2D eigenvalue weighted by Crippen LogP contribution is -2.45. The lowest BCUT2D eigenvalue weighted by molar-refractivity contribution is 0.202. The number of thiophene rings is 1. The minimum absolute atomic E-state index is 0.0883. The van der Waals surface area contributed by atoms with Gasteiger partial charge in [-0.15, -0.1) is 11.3 Å². The highest BCUT2D eigenvalue weighted by molar-refractivity contribution is 7.89. The van der Waals surface area contributed by atoms with Crippen LogP contribution in [-0.4, -0.2) is 31.9 Å². The van der Waals surface area contributed by atoms with E-state index < -0.39 is 10.0 Å². The third-order valence-electron chi connectivity index (χ3n) is 4.28. The summed E-state index contributed by atoms with van der Waals surface area (Å²) in [6.45, 7) is 8.64. The van der Waals surface area contributed by atoms with E-state index >= 15 is 0 Å². The van der Waals surface area contributed by atoms with Crippen molar-refractivity contribution in [3.63, 3.8) is 0 Å². The van der Waals surface area contributed by atoms with Crippen LogP contribution in [0.25, 0.3) is 0 Å². The third-order valence-corrected chi connectivity index (χ3v) is 7.33. The minimum Gasteiger partial charge on any atom is -0.312 e. The quantitative estimate of drug-likeness (QED) is 0.816. The molecule has 2 rings (SSSR count). The van der Waals surface area contributed by atoms with Crippen LogP contribution < -0.4 is 5.32 Å². The molecular formula is C15H26N2O2S2. The van der Waals surface area contributed by atoms with Gasteiger partial charge >= 0.3 is 0 Å². The van der Waals surface area contributed by atoms with E-state index in [2.05, 4.69) is 19.2 Å². The van der Waals surface area contributed by atoms with Crippen molar-refractivity contribution in [1.29, 1.82) is 0 Å². The maximum Gasteiger partial charge on any atom is 0.244 e. The number of piperidine rings is 1. The van der Waals surface area contributed by atoms with Crippen LogP contribution in [0.1, 0.15) is 44.9 Å². The number of sulfonamides is 1. The molecule has 0 bridgehead atoms. The fourth-order valence-electron chi connectivity index (χ4n) is 2.75. The molecule has 4 nitrogen and oxygen atoms in total. The van der Waals surface area contributed by atoms with Gasteiger partial charge in [0.1, 0.15) is 0 Å². The number of hydrogen-bond acceptors (Lipinski definition) is 4. The molecular weight excluding hydrogens is 304 g/mol. The molecule has 1 aromatic rings. The van der Waals surface area contributed by atoms with Crippen LogP contribution in [0, 0.1) is 5.92 Å². The summed E-state index contributed by atoms with van der Waals surface area (Å²) >= 11 is 1.52.